The van der Waals surface area contributed by atoms with Crippen molar-refractivity contribution in [2.24, 2.45) is 0 Å². The molecular weight excluding hydrogens is 284 g/mol. The summed E-state index contributed by atoms with van der Waals surface area (Å²) < 4.78 is 47.8. The lowest BCUT2D eigenvalue weighted by Crippen LogP contribution is -2.25. The molecule has 0 saturated heterocycles. The van der Waals surface area contributed by atoms with E-state index in [-0.39, 0.29) is 0 Å². The average Bonchev–Trinajstić information content (AvgIpc) is 1.60. The second kappa shape index (κ2) is 3.38. The Morgan fingerprint density at radius 1 is 1.10 bits per heavy atom. The molecule has 0 aromatic heterocycles. The van der Waals surface area contributed by atoms with Crippen LogP contribution >= 0.6 is 31.9 Å². The van der Waals surface area contributed by atoms with E-state index in [1.165, 1.54) is 0 Å². The van der Waals surface area contributed by atoms with E-state index in [1.54, 1.807) is 0 Å². The molecule has 0 N–H and O–H groups in total. The standard InChI is InChI=1S/C4H4Br2F4/c5-2-3(7,8)1-4(6,9)10/h1-2H2. The summed E-state index contributed by atoms with van der Waals surface area (Å²) in [6.45, 7) is 0. The minimum absolute atomic E-state index is 0.749. The van der Waals surface area contributed by atoms with Crippen LogP contribution in [0.15, 0.2) is 0 Å². The van der Waals surface area contributed by atoms with E-state index in [1.807, 2.05) is 15.9 Å². The Balaban J connectivity index is 3.89. The van der Waals surface area contributed by atoms with Crippen LogP contribution in [-0.4, -0.2) is 16.1 Å². The van der Waals surface area contributed by atoms with E-state index in [0.29, 0.717) is 0 Å². The van der Waals surface area contributed by atoms with Crippen molar-refractivity contribution in [3.63, 3.8) is 0 Å². The third-order valence-electron chi connectivity index (χ3n) is 0.655. The Morgan fingerprint density at radius 2 is 1.50 bits per heavy atom. The third-order valence-corrected chi connectivity index (χ3v) is 1.76. The maximum Gasteiger partial charge on any atom is 0.307 e. The molecule has 62 valence electrons. The number of halogens is 6. The predicted molar refractivity (Wildman–Crippen MR) is 37.2 cm³/mol. The zero-order chi connectivity index (χ0) is 8.41. The van der Waals surface area contributed by atoms with Gasteiger partial charge in [0.2, 0.25) is 0 Å². The summed E-state index contributed by atoms with van der Waals surface area (Å²) in [4.78, 5) is -3.48. The van der Waals surface area contributed by atoms with Gasteiger partial charge in [0, 0.05) is 0 Å². The highest BCUT2D eigenvalue weighted by atomic mass is 79.9. The summed E-state index contributed by atoms with van der Waals surface area (Å²) in [5.74, 6) is -3.35. The van der Waals surface area contributed by atoms with Crippen LogP contribution < -0.4 is 0 Å². The van der Waals surface area contributed by atoms with Crippen molar-refractivity contribution in [1.29, 1.82) is 0 Å². The summed E-state index contributed by atoms with van der Waals surface area (Å²) in [5, 5.41) is -0.749. The second-order valence-electron chi connectivity index (χ2n) is 1.78. The topological polar surface area (TPSA) is 0 Å². The van der Waals surface area contributed by atoms with E-state index in [4.69, 9.17) is 0 Å². The lowest BCUT2D eigenvalue weighted by atomic mass is 10.3. The van der Waals surface area contributed by atoms with Crippen LogP contribution in [0.25, 0.3) is 0 Å². The summed E-state index contributed by atoms with van der Waals surface area (Å²) >= 11 is 4.24. The van der Waals surface area contributed by atoms with Crippen molar-refractivity contribution < 1.29 is 17.6 Å². The number of hydrogen-bond acceptors (Lipinski definition) is 0. The van der Waals surface area contributed by atoms with Crippen LogP contribution in [0.4, 0.5) is 17.6 Å². The van der Waals surface area contributed by atoms with Crippen LogP contribution in [0.5, 0.6) is 0 Å². The van der Waals surface area contributed by atoms with Gasteiger partial charge < -0.3 is 0 Å². The monoisotopic (exact) mass is 286 g/mol. The van der Waals surface area contributed by atoms with Gasteiger partial charge >= 0.3 is 4.83 Å². The maximum absolute atomic E-state index is 12.1. The smallest absolute Gasteiger partial charge is 0.206 e. The van der Waals surface area contributed by atoms with Gasteiger partial charge in [-0.25, -0.2) is 8.78 Å². The van der Waals surface area contributed by atoms with Crippen molar-refractivity contribution >= 4 is 31.9 Å². The zero-order valence-corrected chi connectivity index (χ0v) is 7.85. The third kappa shape index (κ3) is 5.46. The summed E-state index contributed by atoms with van der Waals surface area (Å²) in [6.07, 6.45) is -1.48. The van der Waals surface area contributed by atoms with Gasteiger partial charge in [0.1, 0.15) is 0 Å². The largest absolute Gasteiger partial charge is 0.307 e. The average molecular weight is 288 g/mol. The molecule has 0 radical (unpaired) electrons. The minimum atomic E-state index is -3.48. The fourth-order valence-electron chi connectivity index (χ4n) is 0.341. The molecule has 0 spiro atoms. The summed E-state index contributed by atoms with van der Waals surface area (Å²) in [5.41, 5.74) is 0. The van der Waals surface area contributed by atoms with Crippen LogP contribution in [0.1, 0.15) is 6.42 Å². The highest BCUT2D eigenvalue weighted by molar-refractivity contribution is 9.10. The molecule has 0 fully saturated rings. The van der Waals surface area contributed by atoms with Gasteiger partial charge in [-0.3, -0.25) is 0 Å². The zero-order valence-electron chi connectivity index (χ0n) is 4.68. The van der Waals surface area contributed by atoms with Crippen LogP contribution in [0.2, 0.25) is 0 Å². The van der Waals surface area contributed by atoms with Crippen LogP contribution in [0.3, 0.4) is 0 Å². The number of hydrogen-bond donors (Lipinski definition) is 0. The van der Waals surface area contributed by atoms with Gasteiger partial charge in [-0.15, -0.1) is 0 Å². The molecule has 0 nitrogen and oxygen atoms in total. The molecule has 0 rings (SSSR count). The van der Waals surface area contributed by atoms with E-state index >= 15 is 0 Å². The summed E-state index contributed by atoms with van der Waals surface area (Å²) in [7, 11) is 0. The molecule has 0 amide bonds. The lowest BCUT2D eigenvalue weighted by Gasteiger charge is -2.15. The van der Waals surface area contributed by atoms with Gasteiger partial charge in [0.15, 0.2) is 0 Å². The Labute approximate surface area is 72.2 Å². The Morgan fingerprint density at radius 3 is 1.60 bits per heavy atom. The highest BCUT2D eigenvalue weighted by Gasteiger charge is 2.40. The predicted octanol–water partition coefficient (Wildman–Crippen LogP) is 3.39. The van der Waals surface area contributed by atoms with Gasteiger partial charge in [-0.05, 0) is 15.9 Å². The van der Waals surface area contributed by atoms with E-state index in [2.05, 4.69) is 15.9 Å². The van der Waals surface area contributed by atoms with E-state index < -0.39 is 22.5 Å². The molecule has 0 aromatic rings. The Hall–Kier alpha value is 0.680. The quantitative estimate of drug-likeness (QED) is 0.551. The first-order valence-electron chi connectivity index (χ1n) is 2.27. The Bertz CT molecular complexity index is 108. The first-order chi connectivity index (χ1) is 4.27. The van der Waals surface area contributed by atoms with Gasteiger partial charge in [-0.2, -0.15) is 8.78 Å². The first kappa shape index (κ1) is 10.7. The molecule has 0 aromatic carbocycles. The maximum atomic E-state index is 12.1. The molecule has 0 aliphatic heterocycles. The molecule has 0 unspecified atom stereocenters. The molecule has 10 heavy (non-hydrogen) atoms. The van der Waals surface area contributed by atoms with Gasteiger partial charge in [0.25, 0.3) is 5.92 Å². The fourth-order valence-corrected chi connectivity index (χ4v) is 0.949. The second-order valence-corrected chi connectivity index (χ2v) is 3.50. The molecule has 0 bridgehead atoms. The molecule has 0 saturated carbocycles. The van der Waals surface area contributed by atoms with Crippen molar-refractivity contribution in [3.8, 4) is 0 Å². The highest BCUT2D eigenvalue weighted by Crippen LogP contribution is 2.35. The number of alkyl halides is 6. The molecule has 6 heteroatoms. The van der Waals surface area contributed by atoms with E-state index in [9.17, 15) is 17.6 Å². The van der Waals surface area contributed by atoms with Crippen molar-refractivity contribution in [3.05, 3.63) is 0 Å². The lowest BCUT2D eigenvalue weighted by molar-refractivity contribution is -0.0451. The van der Waals surface area contributed by atoms with Crippen molar-refractivity contribution in [1.82, 2.24) is 0 Å². The van der Waals surface area contributed by atoms with Crippen molar-refractivity contribution in [2.45, 2.75) is 17.2 Å². The Kier molecular flexibility index (Phi) is 3.61. The molecule has 0 aliphatic carbocycles. The SMILES string of the molecule is FC(F)(Br)CC(F)(F)CBr. The van der Waals surface area contributed by atoms with Crippen LogP contribution in [-0.2, 0) is 0 Å². The molecule has 0 atom stereocenters. The normalized spacial score (nSPS) is 13.8. The van der Waals surface area contributed by atoms with Gasteiger partial charge in [0.05, 0.1) is 11.8 Å². The van der Waals surface area contributed by atoms with Gasteiger partial charge in [-0.1, -0.05) is 15.9 Å². The number of rotatable bonds is 3. The minimum Gasteiger partial charge on any atom is -0.206 e. The first-order valence-corrected chi connectivity index (χ1v) is 4.19. The van der Waals surface area contributed by atoms with E-state index in [0.717, 1.165) is 0 Å². The van der Waals surface area contributed by atoms with Crippen molar-refractivity contribution in [2.75, 3.05) is 5.33 Å². The fraction of sp³-hybridized carbons (Fsp3) is 1.00. The summed E-state index contributed by atoms with van der Waals surface area (Å²) in [6, 6.07) is 0. The van der Waals surface area contributed by atoms with Crippen LogP contribution in [0, 0.1) is 0 Å². The molecular formula is C4H4Br2F4. The molecule has 0 heterocycles. The molecule has 0 aliphatic rings.